The Kier molecular flexibility index (Phi) is 6.54. The Morgan fingerprint density at radius 1 is 0.969 bits per heavy atom. The van der Waals surface area contributed by atoms with Crippen LogP contribution in [0.3, 0.4) is 0 Å². The topological polar surface area (TPSA) is 115 Å². The van der Waals surface area contributed by atoms with Gasteiger partial charge in [-0.2, -0.15) is 0 Å². The van der Waals surface area contributed by atoms with Crippen LogP contribution in [0.25, 0.3) is 0 Å². The van der Waals surface area contributed by atoms with Crippen molar-refractivity contribution in [3.8, 4) is 17.4 Å². The minimum atomic E-state index is -0.352. The highest BCUT2D eigenvalue weighted by atomic mass is 16.5. The summed E-state index contributed by atoms with van der Waals surface area (Å²) in [6.07, 6.45) is 4.96. The third kappa shape index (κ3) is 5.37. The monoisotopic (exact) mass is 434 g/mol. The number of ether oxygens (including phenoxy) is 2. The molecular weight excluding hydrogens is 408 g/mol. The van der Waals surface area contributed by atoms with Gasteiger partial charge in [0, 0.05) is 36.6 Å². The first-order valence-corrected chi connectivity index (χ1v) is 10.5. The summed E-state index contributed by atoms with van der Waals surface area (Å²) in [4.78, 5) is 22.6. The highest BCUT2D eigenvalue weighted by Crippen LogP contribution is 2.33. The van der Waals surface area contributed by atoms with E-state index in [0.29, 0.717) is 28.8 Å². The van der Waals surface area contributed by atoms with Gasteiger partial charge in [0.15, 0.2) is 0 Å². The molecule has 0 unspecified atom stereocenters. The normalized spacial score (nSPS) is 13.3. The van der Waals surface area contributed by atoms with Crippen LogP contribution in [0.2, 0.25) is 0 Å². The molecule has 0 saturated carbocycles. The maximum Gasteiger partial charge on any atom is 0.323 e. The van der Waals surface area contributed by atoms with Crippen LogP contribution in [0.4, 0.5) is 27.7 Å². The molecule has 1 aliphatic rings. The second-order valence-corrected chi connectivity index (χ2v) is 7.42. The second-order valence-electron chi connectivity index (χ2n) is 7.42. The van der Waals surface area contributed by atoms with Gasteiger partial charge in [0.05, 0.1) is 12.8 Å². The van der Waals surface area contributed by atoms with Crippen molar-refractivity contribution in [1.82, 2.24) is 9.97 Å². The highest BCUT2D eigenvalue weighted by molar-refractivity contribution is 6.00. The molecule has 0 aliphatic carbocycles. The summed E-state index contributed by atoms with van der Waals surface area (Å²) in [7, 11) is 1.64. The van der Waals surface area contributed by atoms with E-state index in [-0.39, 0.29) is 6.03 Å². The number of aromatic nitrogens is 2. The fourth-order valence-electron chi connectivity index (χ4n) is 3.58. The van der Waals surface area contributed by atoms with Crippen molar-refractivity contribution in [2.45, 2.75) is 19.3 Å². The van der Waals surface area contributed by atoms with Crippen molar-refractivity contribution in [3.63, 3.8) is 0 Å². The highest BCUT2D eigenvalue weighted by Gasteiger charge is 2.16. The smallest absolute Gasteiger partial charge is 0.323 e. The first-order chi connectivity index (χ1) is 15.6. The van der Waals surface area contributed by atoms with Gasteiger partial charge < -0.3 is 30.7 Å². The zero-order valence-corrected chi connectivity index (χ0v) is 17.9. The number of carbonyl (C=O) groups is 1. The Bertz CT molecular complexity index is 1070. The molecule has 4 rings (SSSR count). The van der Waals surface area contributed by atoms with E-state index >= 15 is 0 Å². The summed E-state index contributed by atoms with van der Waals surface area (Å²) in [5.41, 5.74) is 7.95. The number of rotatable bonds is 6. The molecule has 2 aromatic carbocycles. The molecule has 9 heteroatoms. The van der Waals surface area contributed by atoms with Gasteiger partial charge >= 0.3 is 6.03 Å². The van der Waals surface area contributed by atoms with Crippen LogP contribution in [0, 0.1) is 0 Å². The maximum absolute atomic E-state index is 12.4. The molecule has 1 fully saturated rings. The fraction of sp³-hybridized carbons (Fsp3) is 0.261. The maximum atomic E-state index is 12.4. The number of hydrogen-bond acceptors (Lipinski definition) is 7. The van der Waals surface area contributed by atoms with Gasteiger partial charge in [0.25, 0.3) is 0 Å². The second kappa shape index (κ2) is 9.86. The van der Waals surface area contributed by atoms with Crippen LogP contribution < -0.4 is 30.7 Å². The molecule has 0 bridgehead atoms. The van der Waals surface area contributed by atoms with Gasteiger partial charge in [0.1, 0.15) is 23.6 Å². The summed E-state index contributed by atoms with van der Waals surface area (Å²) in [5, 5.41) is 5.65. The molecule has 0 spiro atoms. The van der Waals surface area contributed by atoms with E-state index in [1.165, 1.54) is 31.7 Å². The molecule has 32 heavy (non-hydrogen) atoms. The Labute approximate surface area is 186 Å². The van der Waals surface area contributed by atoms with Crippen LogP contribution in [0.1, 0.15) is 19.3 Å². The summed E-state index contributed by atoms with van der Waals surface area (Å²) in [6, 6.07) is 13.8. The Morgan fingerprint density at radius 2 is 1.69 bits per heavy atom. The summed E-state index contributed by atoms with van der Waals surface area (Å²) >= 11 is 0. The van der Waals surface area contributed by atoms with Crippen molar-refractivity contribution in [1.29, 1.82) is 0 Å². The number of benzene rings is 2. The van der Waals surface area contributed by atoms with Gasteiger partial charge in [-0.3, -0.25) is 0 Å². The van der Waals surface area contributed by atoms with E-state index in [9.17, 15) is 4.79 Å². The van der Waals surface area contributed by atoms with Gasteiger partial charge in [-0.05, 0) is 55.7 Å². The number of piperidine rings is 1. The van der Waals surface area contributed by atoms with Crippen LogP contribution in [-0.2, 0) is 0 Å². The Morgan fingerprint density at radius 3 is 2.41 bits per heavy atom. The fourth-order valence-corrected chi connectivity index (χ4v) is 3.58. The molecular formula is C23H26N6O3. The van der Waals surface area contributed by atoms with Crippen molar-refractivity contribution in [2.75, 3.05) is 41.5 Å². The number of methoxy groups -OCH3 is 1. The van der Waals surface area contributed by atoms with Crippen molar-refractivity contribution in [3.05, 3.63) is 54.9 Å². The minimum Gasteiger partial charge on any atom is -0.495 e. The number of nitrogens with one attached hydrogen (secondary N) is 2. The number of nitrogen functional groups attached to an aromatic ring is 1. The van der Waals surface area contributed by atoms with E-state index in [1.807, 2.05) is 18.2 Å². The Balaban J connectivity index is 1.36. The van der Waals surface area contributed by atoms with Crippen molar-refractivity contribution in [2.24, 2.45) is 0 Å². The van der Waals surface area contributed by atoms with Gasteiger partial charge in [-0.1, -0.05) is 0 Å². The third-order valence-electron chi connectivity index (χ3n) is 5.13. The molecule has 1 aromatic heterocycles. The Hall–Kier alpha value is -4.01. The van der Waals surface area contributed by atoms with Gasteiger partial charge in [-0.15, -0.1) is 0 Å². The predicted molar refractivity (Wildman–Crippen MR) is 125 cm³/mol. The molecule has 4 N–H and O–H groups in total. The number of anilines is 4. The van der Waals surface area contributed by atoms with Crippen LogP contribution in [0.15, 0.2) is 54.9 Å². The first-order valence-electron chi connectivity index (χ1n) is 10.5. The standard InChI is InChI=1S/C23H26N6O3/c1-31-20-13-17(7-10-19(20)29-11-3-2-4-12-29)28-23(30)27-16-5-8-18(9-6-16)32-22-14-21(24)25-15-26-22/h5-10,13-15H,2-4,11-12H2,1H3,(H2,24,25,26)(H2,27,28,30). The molecule has 3 aromatic rings. The van der Waals surface area contributed by atoms with E-state index in [0.717, 1.165) is 24.5 Å². The van der Waals surface area contributed by atoms with Crippen molar-refractivity contribution >= 4 is 28.9 Å². The van der Waals surface area contributed by atoms with Crippen LogP contribution >= 0.6 is 0 Å². The molecule has 166 valence electrons. The lowest BCUT2D eigenvalue weighted by molar-refractivity contribution is 0.262. The van der Waals surface area contributed by atoms with E-state index < -0.39 is 0 Å². The van der Waals surface area contributed by atoms with E-state index in [1.54, 1.807) is 31.4 Å². The minimum absolute atomic E-state index is 0.325. The number of carbonyl (C=O) groups excluding carboxylic acids is 1. The number of hydrogen-bond donors (Lipinski definition) is 3. The lowest BCUT2D eigenvalue weighted by atomic mass is 10.1. The van der Waals surface area contributed by atoms with E-state index in [2.05, 4.69) is 25.5 Å². The molecule has 1 aliphatic heterocycles. The molecule has 2 heterocycles. The molecule has 9 nitrogen and oxygen atoms in total. The van der Waals surface area contributed by atoms with E-state index in [4.69, 9.17) is 15.2 Å². The van der Waals surface area contributed by atoms with Crippen LogP contribution in [0.5, 0.6) is 17.4 Å². The number of nitrogens with two attached hydrogens (primary N) is 1. The summed E-state index contributed by atoms with van der Waals surface area (Å²) < 4.78 is 11.2. The molecule has 0 radical (unpaired) electrons. The van der Waals surface area contributed by atoms with Crippen LogP contribution in [-0.4, -0.2) is 36.2 Å². The third-order valence-corrected chi connectivity index (χ3v) is 5.13. The lowest BCUT2D eigenvalue weighted by Crippen LogP contribution is -2.29. The first kappa shape index (κ1) is 21.2. The zero-order valence-electron chi connectivity index (χ0n) is 17.9. The lowest BCUT2D eigenvalue weighted by Gasteiger charge is -2.30. The molecule has 0 atom stereocenters. The largest absolute Gasteiger partial charge is 0.495 e. The van der Waals surface area contributed by atoms with Gasteiger partial charge in [-0.25, -0.2) is 14.8 Å². The average Bonchev–Trinajstić information content (AvgIpc) is 2.81. The SMILES string of the molecule is COc1cc(NC(=O)Nc2ccc(Oc3cc(N)ncn3)cc2)ccc1N1CCCCC1. The number of nitrogens with zero attached hydrogens (tertiary/aromatic N) is 3. The predicted octanol–water partition coefficient (Wildman–Crippen LogP) is 4.49. The number of urea groups is 1. The quantitative estimate of drug-likeness (QED) is 0.523. The summed E-state index contributed by atoms with van der Waals surface area (Å²) in [5.74, 6) is 1.98. The number of amides is 2. The molecule has 1 saturated heterocycles. The van der Waals surface area contributed by atoms with Crippen molar-refractivity contribution < 1.29 is 14.3 Å². The summed E-state index contributed by atoms with van der Waals surface area (Å²) in [6.45, 7) is 2.04. The zero-order chi connectivity index (χ0) is 22.3. The average molecular weight is 435 g/mol. The molecule has 2 amide bonds. The van der Waals surface area contributed by atoms with Gasteiger partial charge in [0.2, 0.25) is 5.88 Å².